The Kier molecular flexibility index (Phi) is 41.0. The monoisotopic (exact) mass is 810 g/mol. The molecule has 0 aliphatic rings. The summed E-state index contributed by atoms with van der Waals surface area (Å²) in [5.41, 5.74) is 5.35. The zero-order chi connectivity index (χ0) is 41.1. The Hall–Kier alpha value is -2.03. The summed E-state index contributed by atoms with van der Waals surface area (Å²) >= 11 is 0. The number of hydrogen-bond acceptors (Lipinski definition) is 8. The van der Waals surface area contributed by atoms with Gasteiger partial charge in [0.25, 0.3) is 0 Å². The second-order valence-corrected chi connectivity index (χ2v) is 16.4. The van der Waals surface area contributed by atoms with Crippen molar-refractivity contribution in [3.05, 3.63) is 48.6 Å². The van der Waals surface area contributed by atoms with Crippen LogP contribution in [0.1, 0.15) is 200 Å². The minimum absolute atomic E-state index is 0.0493. The third-order valence-corrected chi connectivity index (χ3v) is 10.6. The molecule has 0 aromatic carbocycles. The Morgan fingerprint density at radius 2 is 0.982 bits per heavy atom. The van der Waals surface area contributed by atoms with Crippen LogP contribution in [0.3, 0.4) is 0 Å². The van der Waals surface area contributed by atoms with E-state index < -0.39 is 32.5 Å². The summed E-state index contributed by atoms with van der Waals surface area (Å²) in [6.45, 7) is 3.58. The van der Waals surface area contributed by atoms with Crippen molar-refractivity contribution in [1.82, 2.24) is 0 Å². The van der Waals surface area contributed by atoms with Crippen LogP contribution in [0, 0.1) is 0 Å². The molecule has 10 heteroatoms. The second-order valence-electron chi connectivity index (χ2n) is 15.0. The summed E-state index contributed by atoms with van der Waals surface area (Å²) in [6, 6.07) is 0. The molecule has 0 aliphatic carbocycles. The number of carbonyl (C=O) groups excluding carboxylic acids is 2. The van der Waals surface area contributed by atoms with E-state index >= 15 is 0 Å². The molecule has 0 radical (unpaired) electrons. The Morgan fingerprint density at radius 1 is 0.554 bits per heavy atom. The van der Waals surface area contributed by atoms with Crippen LogP contribution in [0.15, 0.2) is 48.6 Å². The van der Waals surface area contributed by atoms with Crippen molar-refractivity contribution in [2.24, 2.45) is 5.73 Å². The van der Waals surface area contributed by atoms with Gasteiger partial charge in [-0.1, -0.05) is 204 Å². The predicted molar refractivity (Wildman–Crippen MR) is 233 cm³/mol. The molecule has 56 heavy (non-hydrogen) atoms. The molecule has 0 heterocycles. The molecule has 3 N–H and O–H groups in total. The van der Waals surface area contributed by atoms with Crippen molar-refractivity contribution < 1.29 is 37.6 Å². The SMILES string of the molecule is CC/C=C/C=C/C=C/C=C/CCCCCCCC(=O)OC[C@H](COP(=O)(O)OCCN)OC(=O)CCCCCCCCCCCCCCCCCCCCCC. The molecular formula is C46H84NO8P. The van der Waals surface area contributed by atoms with Crippen molar-refractivity contribution in [2.45, 2.75) is 206 Å². The minimum Gasteiger partial charge on any atom is -0.462 e. The first kappa shape index (κ1) is 54.0. The van der Waals surface area contributed by atoms with Gasteiger partial charge in [0.2, 0.25) is 0 Å². The molecular weight excluding hydrogens is 725 g/mol. The van der Waals surface area contributed by atoms with Crippen LogP contribution >= 0.6 is 7.82 Å². The van der Waals surface area contributed by atoms with Crippen LogP contribution in [0.2, 0.25) is 0 Å². The van der Waals surface area contributed by atoms with Crippen LogP contribution < -0.4 is 5.73 Å². The van der Waals surface area contributed by atoms with Crippen molar-refractivity contribution >= 4 is 19.8 Å². The molecule has 0 saturated carbocycles. The highest BCUT2D eigenvalue weighted by Crippen LogP contribution is 2.43. The van der Waals surface area contributed by atoms with E-state index in [0.29, 0.717) is 12.8 Å². The van der Waals surface area contributed by atoms with E-state index in [0.717, 1.165) is 51.4 Å². The summed E-state index contributed by atoms with van der Waals surface area (Å²) in [5, 5.41) is 0. The lowest BCUT2D eigenvalue weighted by molar-refractivity contribution is -0.161. The van der Waals surface area contributed by atoms with E-state index in [1.807, 2.05) is 30.4 Å². The lowest BCUT2D eigenvalue weighted by Gasteiger charge is -2.19. The van der Waals surface area contributed by atoms with Crippen molar-refractivity contribution in [3.63, 3.8) is 0 Å². The normalized spacial score (nSPS) is 13.7. The van der Waals surface area contributed by atoms with Crippen molar-refractivity contribution in [1.29, 1.82) is 0 Å². The number of phosphoric ester groups is 1. The van der Waals surface area contributed by atoms with Crippen LogP contribution in [0.25, 0.3) is 0 Å². The summed E-state index contributed by atoms with van der Waals surface area (Å²) < 4.78 is 32.8. The maximum absolute atomic E-state index is 12.6. The molecule has 0 aromatic heterocycles. The standard InChI is InChI=1S/C46H84NO8P/c1-3-5-7-9-11-13-15-17-19-20-21-22-23-25-27-29-31-33-35-37-39-46(49)55-44(43-54-56(50,51)53-41-40-47)42-52-45(48)38-36-34-32-30-28-26-24-18-16-14-12-10-8-6-4-2/h6,8,10,12,14,16,18,24,44H,3-5,7,9,11,13,15,17,19-23,25-43,47H2,1-2H3,(H,50,51)/b8-6+,12-10+,16-14+,24-18+/t44-/m1/s1. The quantitative estimate of drug-likeness (QED) is 0.0267. The second kappa shape index (κ2) is 42.6. The van der Waals surface area contributed by atoms with Crippen LogP contribution in [-0.2, 0) is 32.7 Å². The van der Waals surface area contributed by atoms with E-state index in [9.17, 15) is 19.0 Å². The first-order valence-electron chi connectivity index (χ1n) is 22.7. The Balaban J connectivity index is 4.12. The molecule has 9 nitrogen and oxygen atoms in total. The molecule has 0 fully saturated rings. The van der Waals surface area contributed by atoms with Gasteiger partial charge < -0.3 is 20.1 Å². The predicted octanol–water partition coefficient (Wildman–Crippen LogP) is 13.1. The highest BCUT2D eigenvalue weighted by atomic mass is 31.2. The van der Waals surface area contributed by atoms with E-state index in [-0.39, 0.29) is 32.6 Å². The maximum atomic E-state index is 12.6. The molecule has 0 rings (SSSR count). The summed E-state index contributed by atoms with van der Waals surface area (Å²) in [7, 11) is -4.38. The maximum Gasteiger partial charge on any atom is 0.472 e. The molecule has 326 valence electrons. The lowest BCUT2D eigenvalue weighted by Crippen LogP contribution is -2.29. The summed E-state index contributed by atoms with van der Waals surface area (Å²) in [4.78, 5) is 34.9. The average molecular weight is 810 g/mol. The third-order valence-electron chi connectivity index (χ3n) is 9.57. The largest absolute Gasteiger partial charge is 0.472 e. The van der Waals surface area contributed by atoms with Gasteiger partial charge in [0.05, 0.1) is 13.2 Å². The van der Waals surface area contributed by atoms with E-state index in [1.165, 1.54) is 109 Å². The van der Waals surface area contributed by atoms with Gasteiger partial charge in [-0.25, -0.2) is 4.57 Å². The fourth-order valence-electron chi connectivity index (χ4n) is 6.23. The third kappa shape index (κ3) is 41.6. The Morgan fingerprint density at radius 3 is 1.46 bits per heavy atom. The zero-order valence-electron chi connectivity index (χ0n) is 35.9. The van der Waals surface area contributed by atoms with Crippen LogP contribution in [0.5, 0.6) is 0 Å². The molecule has 2 atom stereocenters. The molecule has 0 saturated heterocycles. The summed E-state index contributed by atoms with van der Waals surface area (Å²) in [6.07, 6.45) is 48.6. The number of allylic oxidation sites excluding steroid dienone is 8. The van der Waals surface area contributed by atoms with Gasteiger partial charge in [-0.2, -0.15) is 0 Å². The number of esters is 2. The fraction of sp³-hybridized carbons (Fsp3) is 0.783. The van der Waals surface area contributed by atoms with Gasteiger partial charge >= 0.3 is 19.8 Å². The van der Waals surface area contributed by atoms with Crippen molar-refractivity contribution in [3.8, 4) is 0 Å². The minimum atomic E-state index is -4.38. The van der Waals surface area contributed by atoms with E-state index in [1.54, 1.807) is 0 Å². The number of nitrogens with two attached hydrogens (primary N) is 1. The van der Waals surface area contributed by atoms with E-state index in [4.69, 9.17) is 24.3 Å². The molecule has 0 aromatic rings. The molecule has 1 unspecified atom stereocenters. The Bertz CT molecular complexity index is 1060. The number of phosphoric acid groups is 1. The number of unbranched alkanes of at least 4 members (excludes halogenated alkanes) is 24. The van der Waals surface area contributed by atoms with Gasteiger partial charge in [0.1, 0.15) is 6.61 Å². The number of hydrogen-bond donors (Lipinski definition) is 2. The summed E-state index contributed by atoms with van der Waals surface area (Å²) in [5.74, 6) is -0.851. The zero-order valence-corrected chi connectivity index (χ0v) is 36.8. The first-order valence-corrected chi connectivity index (χ1v) is 24.2. The van der Waals surface area contributed by atoms with Gasteiger partial charge in [-0.05, 0) is 32.1 Å². The number of rotatable bonds is 42. The first-order chi connectivity index (χ1) is 27.3. The molecule has 0 bridgehead atoms. The van der Waals surface area contributed by atoms with Crippen LogP contribution in [-0.4, -0.2) is 49.3 Å². The van der Waals surface area contributed by atoms with Gasteiger partial charge in [-0.15, -0.1) is 0 Å². The Labute approximate surface area is 343 Å². The van der Waals surface area contributed by atoms with Gasteiger partial charge in [0, 0.05) is 19.4 Å². The van der Waals surface area contributed by atoms with Gasteiger partial charge in [0.15, 0.2) is 6.10 Å². The van der Waals surface area contributed by atoms with E-state index in [2.05, 4.69) is 32.1 Å². The lowest BCUT2D eigenvalue weighted by atomic mass is 10.0. The topological polar surface area (TPSA) is 134 Å². The van der Waals surface area contributed by atoms with Crippen molar-refractivity contribution in [2.75, 3.05) is 26.4 Å². The highest BCUT2D eigenvalue weighted by molar-refractivity contribution is 7.47. The molecule has 0 aliphatic heterocycles. The number of carbonyl (C=O) groups is 2. The molecule has 0 spiro atoms. The average Bonchev–Trinajstić information content (AvgIpc) is 3.18. The molecule has 0 amide bonds. The highest BCUT2D eigenvalue weighted by Gasteiger charge is 2.26. The van der Waals surface area contributed by atoms with Crippen LogP contribution in [0.4, 0.5) is 0 Å². The number of ether oxygens (including phenoxy) is 2. The fourth-order valence-corrected chi connectivity index (χ4v) is 7.00. The van der Waals surface area contributed by atoms with Gasteiger partial charge in [-0.3, -0.25) is 18.6 Å². The smallest absolute Gasteiger partial charge is 0.462 e.